The summed E-state index contributed by atoms with van der Waals surface area (Å²) in [6.07, 6.45) is 0. The monoisotopic (exact) mass is 302 g/mol. The van der Waals surface area contributed by atoms with Crippen molar-refractivity contribution in [3.8, 4) is 0 Å². The molecule has 0 spiro atoms. The van der Waals surface area contributed by atoms with Crippen LogP contribution in [0.15, 0.2) is 24.3 Å². The zero-order valence-electron chi connectivity index (χ0n) is 13.2. The van der Waals surface area contributed by atoms with Gasteiger partial charge in [0.1, 0.15) is 12.4 Å². The number of aromatic nitrogens is 2. The summed E-state index contributed by atoms with van der Waals surface area (Å²) in [4.78, 5) is 28.2. The number of rotatable bonds is 6. The highest BCUT2D eigenvalue weighted by molar-refractivity contribution is 5.81. The summed E-state index contributed by atoms with van der Waals surface area (Å²) >= 11 is 0. The Balaban J connectivity index is 2.27. The fourth-order valence-corrected chi connectivity index (χ4v) is 2.20. The molecule has 0 aliphatic rings. The Labute approximate surface area is 129 Å². The van der Waals surface area contributed by atoms with Gasteiger partial charge in [-0.05, 0) is 19.1 Å². The van der Waals surface area contributed by atoms with E-state index < -0.39 is 0 Å². The number of para-hydroxylation sites is 2. The molecule has 6 heteroatoms. The van der Waals surface area contributed by atoms with Crippen molar-refractivity contribution < 1.29 is 9.59 Å². The van der Waals surface area contributed by atoms with Gasteiger partial charge in [-0.2, -0.15) is 0 Å². The van der Waals surface area contributed by atoms with Crippen molar-refractivity contribution in [1.82, 2.24) is 20.2 Å². The molecule has 118 valence electrons. The number of carbonyl (C=O) groups is 2. The summed E-state index contributed by atoms with van der Waals surface area (Å²) in [6.45, 7) is 6.66. The highest BCUT2D eigenvalue weighted by Gasteiger charge is 2.14. The maximum absolute atomic E-state index is 11.9. The van der Waals surface area contributed by atoms with Crippen molar-refractivity contribution in [2.24, 2.45) is 5.92 Å². The van der Waals surface area contributed by atoms with Crippen LogP contribution in [0.5, 0.6) is 0 Å². The van der Waals surface area contributed by atoms with Crippen molar-refractivity contribution in [3.05, 3.63) is 30.1 Å². The van der Waals surface area contributed by atoms with Crippen LogP contribution in [-0.2, 0) is 22.7 Å². The fourth-order valence-electron chi connectivity index (χ4n) is 2.20. The van der Waals surface area contributed by atoms with Crippen molar-refractivity contribution in [1.29, 1.82) is 0 Å². The third-order valence-corrected chi connectivity index (χ3v) is 3.35. The third-order valence-electron chi connectivity index (χ3n) is 3.35. The van der Waals surface area contributed by atoms with Crippen molar-refractivity contribution in [2.45, 2.75) is 33.9 Å². The second-order valence-corrected chi connectivity index (χ2v) is 5.43. The van der Waals surface area contributed by atoms with Crippen LogP contribution in [0.4, 0.5) is 0 Å². The van der Waals surface area contributed by atoms with Crippen LogP contribution in [-0.4, -0.2) is 27.9 Å². The van der Waals surface area contributed by atoms with E-state index in [0.29, 0.717) is 18.9 Å². The maximum atomic E-state index is 11.9. The third kappa shape index (κ3) is 3.63. The zero-order chi connectivity index (χ0) is 16.1. The molecule has 0 saturated heterocycles. The van der Waals surface area contributed by atoms with Crippen molar-refractivity contribution in [3.63, 3.8) is 0 Å². The molecule has 0 fully saturated rings. The predicted octanol–water partition coefficient (Wildman–Crippen LogP) is 1.44. The first-order valence-electron chi connectivity index (χ1n) is 7.51. The summed E-state index contributed by atoms with van der Waals surface area (Å²) in [5.41, 5.74) is 1.71. The van der Waals surface area contributed by atoms with Gasteiger partial charge in [-0.3, -0.25) is 9.59 Å². The number of nitrogens with one attached hydrogen (secondary N) is 2. The average Bonchev–Trinajstić information content (AvgIpc) is 2.83. The Hall–Kier alpha value is -2.37. The molecular weight excluding hydrogens is 280 g/mol. The van der Waals surface area contributed by atoms with E-state index in [2.05, 4.69) is 15.6 Å². The normalized spacial score (nSPS) is 10.9. The van der Waals surface area contributed by atoms with E-state index in [-0.39, 0.29) is 24.3 Å². The molecule has 0 bridgehead atoms. The van der Waals surface area contributed by atoms with E-state index in [0.717, 1.165) is 11.0 Å². The van der Waals surface area contributed by atoms with Crippen molar-refractivity contribution in [2.75, 3.05) is 6.54 Å². The first-order chi connectivity index (χ1) is 10.5. The molecule has 0 unspecified atom stereocenters. The number of fused-ring (bicyclic) bond motifs is 1. The van der Waals surface area contributed by atoms with Crippen LogP contribution in [0, 0.1) is 5.92 Å². The highest BCUT2D eigenvalue weighted by atomic mass is 16.2. The van der Waals surface area contributed by atoms with Crippen LogP contribution < -0.4 is 10.6 Å². The van der Waals surface area contributed by atoms with Gasteiger partial charge in [0.25, 0.3) is 0 Å². The molecule has 0 aliphatic heterocycles. The number of hydrogen-bond acceptors (Lipinski definition) is 3. The van der Waals surface area contributed by atoms with Crippen LogP contribution in [0.3, 0.4) is 0 Å². The number of amides is 2. The molecular formula is C16H22N4O2. The van der Waals surface area contributed by atoms with Gasteiger partial charge >= 0.3 is 0 Å². The molecule has 0 aliphatic carbocycles. The molecule has 0 radical (unpaired) electrons. The Morgan fingerprint density at radius 1 is 1.23 bits per heavy atom. The summed E-state index contributed by atoms with van der Waals surface area (Å²) < 4.78 is 1.85. The quantitative estimate of drug-likeness (QED) is 0.848. The minimum absolute atomic E-state index is 0.0309. The van der Waals surface area contributed by atoms with Gasteiger partial charge in [-0.15, -0.1) is 0 Å². The lowest BCUT2D eigenvalue weighted by molar-refractivity contribution is -0.124. The predicted molar refractivity (Wildman–Crippen MR) is 85.1 cm³/mol. The van der Waals surface area contributed by atoms with E-state index in [1.54, 1.807) is 0 Å². The van der Waals surface area contributed by atoms with Gasteiger partial charge in [0.2, 0.25) is 11.8 Å². The number of likely N-dealkylation sites (N-methyl/N-ethyl adjacent to an activating group) is 1. The van der Waals surface area contributed by atoms with E-state index in [4.69, 9.17) is 0 Å². The fraction of sp³-hybridized carbons (Fsp3) is 0.438. The lowest BCUT2D eigenvalue weighted by Crippen LogP contribution is -2.31. The molecule has 22 heavy (non-hydrogen) atoms. The van der Waals surface area contributed by atoms with Crippen molar-refractivity contribution >= 4 is 22.8 Å². The smallest absolute Gasteiger partial charge is 0.239 e. The number of nitrogens with zero attached hydrogens (tertiary/aromatic N) is 2. The Morgan fingerprint density at radius 2 is 1.95 bits per heavy atom. The minimum Gasteiger partial charge on any atom is -0.355 e. The Kier molecular flexibility index (Phi) is 5.14. The first kappa shape index (κ1) is 16.0. The van der Waals surface area contributed by atoms with Crippen LogP contribution >= 0.6 is 0 Å². The second-order valence-electron chi connectivity index (χ2n) is 5.43. The van der Waals surface area contributed by atoms with Crippen LogP contribution in [0.25, 0.3) is 11.0 Å². The van der Waals surface area contributed by atoms with E-state index in [1.807, 2.05) is 49.6 Å². The minimum atomic E-state index is -0.0822. The highest BCUT2D eigenvalue weighted by Crippen LogP contribution is 2.16. The molecule has 1 aromatic heterocycles. The van der Waals surface area contributed by atoms with Gasteiger partial charge < -0.3 is 15.2 Å². The molecule has 2 aromatic rings. The second kappa shape index (κ2) is 7.06. The van der Waals surface area contributed by atoms with Gasteiger partial charge in [0.15, 0.2) is 0 Å². The van der Waals surface area contributed by atoms with Crippen LogP contribution in [0.2, 0.25) is 0 Å². The van der Waals surface area contributed by atoms with E-state index >= 15 is 0 Å². The lowest BCUT2D eigenvalue weighted by atomic mass is 10.2. The van der Waals surface area contributed by atoms with Gasteiger partial charge in [-0.25, -0.2) is 4.98 Å². The molecule has 2 amide bonds. The summed E-state index contributed by atoms with van der Waals surface area (Å²) in [6, 6.07) is 7.64. The first-order valence-corrected chi connectivity index (χ1v) is 7.51. The standard InChI is InChI=1S/C16H22N4O2/c1-4-17-15(21)10-20-13-8-6-5-7-12(13)19-14(20)9-18-16(22)11(2)3/h5-8,11H,4,9-10H2,1-3H3,(H,17,21)(H,18,22). The van der Waals surface area contributed by atoms with Crippen LogP contribution in [0.1, 0.15) is 26.6 Å². The largest absolute Gasteiger partial charge is 0.355 e. The Bertz CT molecular complexity index is 676. The summed E-state index contributed by atoms with van der Waals surface area (Å²) in [7, 11) is 0. The molecule has 6 nitrogen and oxygen atoms in total. The van der Waals surface area contributed by atoms with Gasteiger partial charge in [0.05, 0.1) is 17.6 Å². The molecule has 0 saturated carbocycles. The molecule has 1 aromatic carbocycles. The number of imidazole rings is 1. The van der Waals surface area contributed by atoms with E-state index in [1.165, 1.54) is 0 Å². The number of hydrogen-bond donors (Lipinski definition) is 2. The summed E-state index contributed by atoms with van der Waals surface area (Å²) in [5.74, 6) is 0.501. The number of benzene rings is 1. The lowest BCUT2D eigenvalue weighted by Gasteiger charge is -2.11. The zero-order valence-corrected chi connectivity index (χ0v) is 13.2. The molecule has 0 atom stereocenters. The topological polar surface area (TPSA) is 76.0 Å². The molecule has 1 heterocycles. The SMILES string of the molecule is CCNC(=O)Cn1c(CNC(=O)C(C)C)nc2ccccc21. The Morgan fingerprint density at radius 3 is 2.64 bits per heavy atom. The number of carbonyl (C=O) groups excluding carboxylic acids is 2. The molecule has 2 N–H and O–H groups in total. The maximum Gasteiger partial charge on any atom is 0.239 e. The average molecular weight is 302 g/mol. The van der Waals surface area contributed by atoms with E-state index in [9.17, 15) is 9.59 Å². The molecule has 2 rings (SSSR count). The summed E-state index contributed by atoms with van der Waals surface area (Å²) in [5, 5.41) is 5.63. The van der Waals surface area contributed by atoms with Gasteiger partial charge in [0, 0.05) is 12.5 Å². The van der Waals surface area contributed by atoms with Gasteiger partial charge in [-0.1, -0.05) is 26.0 Å².